The number of benzene rings is 1. The second-order valence-electron chi connectivity index (χ2n) is 3.85. The average molecular weight is 282 g/mol. The molecule has 0 bridgehead atoms. The minimum Gasteiger partial charge on any atom is -0.495 e. The van der Waals surface area contributed by atoms with E-state index in [9.17, 15) is 4.79 Å². The molecule has 0 aliphatic rings. The van der Waals surface area contributed by atoms with Crippen molar-refractivity contribution in [3.8, 4) is 5.75 Å². The first-order chi connectivity index (χ1) is 9.10. The molecule has 0 saturated heterocycles. The maximum absolute atomic E-state index is 11.8. The molecule has 104 valence electrons. The van der Waals surface area contributed by atoms with Gasteiger partial charge >= 0.3 is 0 Å². The predicted molar refractivity (Wildman–Crippen MR) is 78.6 cm³/mol. The van der Waals surface area contributed by atoms with Gasteiger partial charge in [-0.1, -0.05) is 25.2 Å². The third kappa shape index (κ3) is 4.50. The van der Waals surface area contributed by atoms with Crippen molar-refractivity contribution in [1.82, 2.24) is 0 Å². The lowest BCUT2D eigenvalue weighted by Gasteiger charge is -2.14. The number of carbonyl (C=O) groups excluding carboxylic acids is 1. The third-order valence-electron chi connectivity index (χ3n) is 2.36. The molecule has 1 aromatic rings. The summed E-state index contributed by atoms with van der Waals surface area (Å²) < 4.78 is 10.4. The molecule has 0 atom stereocenters. The van der Waals surface area contributed by atoms with Gasteiger partial charge in [-0.25, -0.2) is 0 Å². The molecule has 0 aliphatic carbocycles. The second kappa shape index (κ2) is 7.70. The van der Waals surface area contributed by atoms with E-state index in [4.69, 9.17) is 27.4 Å². The Morgan fingerprint density at radius 1 is 1.47 bits per heavy atom. The Kier molecular flexibility index (Phi) is 6.24. The normalized spacial score (nSPS) is 10.0. The van der Waals surface area contributed by atoms with E-state index in [-0.39, 0.29) is 17.5 Å². The van der Waals surface area contributed by atoms with Crippen LogP contribution in [0.2, 0.25) is 0 Å². The minimum atomic E-state index is -0.268. The molecule has 0 unspecified atom stereocenters. The first-order valence-electron chi connectivity index (χ1n) is 5.94. The summed E-state index contributed by atoms with van der Waals surface area (Å²) in [7, 11) is 1.52. The van der Waals surface area contributed by atoms with Crippen LogP contribution in [-0.4, -0.2) is 31.2 Å². The molecule has 0 aromatic heterocycles. The Morgan fingerprint density at radius 2 is 2.21 bits per heavy atom. The zero-order chi connectivity index (χ0) is 14.3. The van der Waals surface area contributed by atoms with Crippen molar-refractivity contribution < 1.29 is 14.3 Å². The van der Waals surface area contributed by atoms with Gasteiger partial charge in [0.25, 0.3) is 0 Å². The zero-order valence-electron chi connectivity index (χ0n) is 11.1. The predicted octanol–water partition coefficient (Wildman–Crippen LogP) is 1.69. The SMILES string of the molecule is CCCOCC(=O)Nc1c(OC)cccc1C(N)=S. The quantitative estimate of drug-likeness (QED) is 0.588. The Morgan fingerprint density at radius 3 is 2.79 bits per heavy atom. The van der Waals surface area contributed by atoms with Crippen LogP contribution in [0, 0.1) is 0 Å². The number of anilines is 1. The molecule has 3 N–H and O–H groups in total. The van der Waals surface area contributed by atoms with E-state index >= 15 is 0 Å². The molecule has 0 spiro atoms. The molecule has 0 saturated carbocycles. The Bertz CT molecular complexity index is 463. The average Bonchev–Trinajstić information content (AvgIpc) is 2.39. The van der Waals surface area contributed by atoms with E-state index < -0.39 is 0 Å². The van der Waals surface area contributed by atoms with E-state index in [0.717, 1.165) is 6.42 Å². The van der Waals surface area contributed by atoms with Gasteiger partial charge in [-0.15, -0.1) is 0 Å². The van der Waals surface area contributed by atoms with Crippen molar-refractivity contribution >= 4 is 28.8 Å². The monoisotopic (exact) mass is 282 g/mol. The van der Waals surface area contributed by atoms with Gasteiger partial charge < -0.3 is 20.5 Å². The van der Waals surface area contributed by atoms with Crippen LogP contribution in [0.5, 0.6) is 5.75 Å². The number of nitrogens with two attached hydrogens (primary N) is 1. The van der Waals surface area contributed by atoms with Gasteiger partial charge in [0, 0.05) is 12.2 Å². The van der Waals surface area contributed by atoms with Crippen LogP contribution < -0.4 is 15.8 Å². The second-order valence-corrected chi connectivity index (χ2v) is 4.29. The number of carbonyl (C=O) groups is 1. The van der Waals surface area contributed by atoms with Crippen molar-refractivity contribution in [3.63, 3.8) is 0 Å². The highest BCUT2D eigenvalue weighted by atomic mass is 32.1. The molecular weight excluding hydrogens is 264 g/mol. The number of hydrogen-bond donors (Lipinski definition) is 2. The molecule has 6 heteroatoms. The van der Waals surface area contributed by atoms with Crippen LogP contribution >= 0.6 is 12.2 Å². The van der Waals surface area contributed by atoms with E-state index in [1.54, 1.807) is 18.2 Å². The van der Waals surface area contributed by atoms with Gasteiger partial charge in [0.1, 0.15) is 17.3 Å². The van der Waals surface area contributed by atoms with Crippen LogP contribution in [0.3, 0.4) is 0 Å². The molecule has 0 radical (unpaired) electrons. The summed E-state index contributed by atoms with van der Waals surface area (Å²) in [4.78, 5) is 12.0. The molecular formula is C13H18N2O3S. The lowest BCUT2D eigenvalue weighted by atomic mass is 10.1. The maximum atomic E-state index is 11.8. The number of hydrogen-bond acceptors (Lipinski definition) is 4. The maximum Gasteiger partial charge on any atom is 0.250 e. The minimum absolute atomic E-state index is 0.0112. The van der Waals surface area contributed by atoms with Gasteiger partial charge in [0.15, 0.2) is 0 Å². The van der Waals surface area contributed by atoms with Gasteiger partial charge in [-0.3, -0.25) is 4.79 Å². The molecule has 19 heavy (non-hydrogen) atoms. The fourth-order valence-corrected chi connectivity index (χ4v) is 1.69. The Hall–Kier alpha value is -1.66. The van der Waals surface area contributed by atoms with Crippen molar-refractivity contribution in [2.24, 2.45) is 5.73 Å². The van der Waals surface area contributed by atoms with E-state index in [2.05, 4.69) is 5.32 Å². The summed E-state index contributed by atoms with van der Waals surface area (Å²) >= 11 is 4.96. The highest BCUT2D eigenvalue weighted by molar-refractivity contribution is 7.80. The fourth-order valence-electron chi connectivity index (χ4n) is 1.52. The number of amides is 1. The molecule has 0 aliphatic heterocycles. The summed E-state index contributed by atoms with van der Waals surface area (Å²) in [6.07, 6.45) is 0.861. The van der Waals surface area contributed by atoms with Crippen LogP contribution in [0.15, 0.2) is 18.2 Å². The van der Waals surface area contributed by atoms with Crippen LogP contribution in [0.4, 0.5) is 5.69 Å². The van der Waals surface area contributed by atoms with Gasteiger partial charge in [-0.2, -0.15) is 0 Å². The lowest BCUT2D eigenvalue weighted by Crippen LogP contribution is -2.22. The molecule has 1 amide bonds. The van der Waals surface area contributed by atoms with Gasteiger partial charge in [0.2, 0.25) is 5.91 Å². The summed E-state index contributed by atoms with van der Waals surface area (Å²) in [6, 6.07) is 5.22. The van der Waals surface area contributed by atoms with Crippen molar-refractivity contribution in [2.75, 3.05) is 25.6 Å². The highest BCUT2D eigenvalue weighted by Gasteiger charge is 2.13. The first-order valence-corrected chi connectivity index (χ1v) is 6.35. The van der Waals surface area contributed by atoms with Crippen LogP contribution in [0.25, 0.3) is 0 Å². The smallest absolute Gasteiger partial charge is 0.250 e. The third-order valence-corrected chi connectivity index (χ3v) is 2.58. The number of para-hydroxylation sites is 1. The van der Waals surface area contributed by atoms with Crippen molar-refractivity contribution in [2.45, 2.75) is 13.3 Å². The Balaban J connectivity index is 2.86. The molecule has 0 heterocycles. The molecule has 1 aromatic carbocycles. The van der Waals surface area contributed by atoms with Crippen molar-refractivity contribution in [1.29, 1.82) is 0 Å². The summed E-state index contributed by atoms with van der Waals surface area (Å²) in [6.45, 7) is 2.51. The summed E-state index contributed by atoms with van der Waals surface area (Å²) in [5.74, 6) is 0.240. The molecule has 5 nitrogen and oxygen atoms in total. The van der Waals surface area contributed by atoms with Crippen LogP contribution in [-0.2, 0) is 9.53 Å². The standard InChI is InChI=1S/C13H18N2O3S/c1-3-7-18-8-11(16)15-12-9(13(14)19)5-4-6-10(12)17-2/h4-6H,3,7-8H2,1-2H3,(H2,14,19)(H,15,16). The van der Waals surface area contributed by atoms with Crippen LogP contribution in [0.1, 0.15) is 18.9 Å². The van der Waals surface area contributed by atoms with Crippen molar-refractivity contribution in [3.05, 3.63) is 23.8 Å². The largest absolute Gasteiger partial charge is 0.495 e. The molecule has 1 rings (SSSR count). The van der Waals surface area contributed by atoms with Gasteiger partial charge in [0.05, 0.1) is 12.8 Å². The summed E-state index contributed by atoms with van der Waals surface area (Å²) in [5.41, 5.74) is 6.67. The van der Waals surface area contributed by atoms with E-state index in [1.165, 1.54) is 7.11 Å². The number of methoxy groups -OCH3 is 1. The number of ether oxygens (including phenoxy) is 2. The number of thiocarbonyl (C=S) groups is 1. The first kappa shape index (κ1) is 15.4. The number of rotatable bonds is 7. The zero-order valence-corrected chi connectivity index (χ0v) is 11.9. The number of nitrogens with one attached hydrogen (secondary N) is 1. The summed E-state index contributed by atoms with van der Waals surface area (Å²) in [5, 5.41) is 2.71. The van der Waals surface area contributed by atoms with E-state index in [0.29, 0.717) is 23.6 Å². The Labute approximate surface area is 118 Å². The topological polar surface area (TPSA) is 73.6 Å². The lowest BCUT2D eigenvalue weighted by molar-refractivity contribution is -0.120. The van der Waals surface area contributed by atoms with Gasteiger partial charge in [-0.05, 0) is 18.6 Å². The van der Waals surface area contributed by atoms with E-state index in [1.807, 2.05) is 6.92 Å². The molecule has 0 fully saturated rings. The fraction of sp³-hybridized carbons (Fsp3) is 0.385. The highest BCUT2D eigenvalue weighted by Crippen LogP contribution is 2.28.